The van der Waals surface area contributed by atoms with Gasteiger partial charge in [0.25, 0.3) is 5.56 Å². The fourth-order valence-electron chi connectivity index (χ4n) is 2.12. The van der Waals surface area contributed by atoms with Crippen molar-refractivity contribution >= 4 is 0 Å². The molecule has 0 saturated heterocycles. The molecule has 4 heteroatoms. The summed E-state index contributed by atoms with van der Waals surface area (Å²) < 4.78 is 13.7. The molecule has 1 aromatic heterocycles. The number of hydrogen-bond acceptors (Lipinski definition) is 2. The zero-order valence-electron chi connectivity index (χ0n) is 11.0. The van der Waals surface area contributed by atoms with Crippen molar-refractivity contribution in [2.75, 3.05) is 0 Å². The molecule has 1 aromatic carbocycles. The number of halogens is 1. The average Bonchev–Trinajstić information content (AvgIpc) is 3.20. The van der Waals surface area contributed by atoms with Gasteiger partial charge in [0.15, 0.2) is 0 Å². The Hall–Kier alpha value is -1.97. The SMILES string of the molecule is Cc1ccc(-c2nc(C3CC3)[nH]c(=O)c2C)cc1F. The molecular formula is C15H15FN2O. The minimum Gasteiger partial charge on any atom is -0.310 e. The van der Waals surface area contributed by atoms with E-state index in [1.165, 1.54) is 6.07 Å². The van der Waals surface area contributed by atoms with Gasteiger partial charge in [-0.05, 0) is 38.3 Å². The molecular weight excluding hydrogens is 243 g/mol. The Kier molecular flexibility index (Phi) is 2.73. The summed E-state index contributed by atoms with van der Waals surface area (Å²) in [5.74, 6) is 0.820. The highest BCUT2D eigenvalue weighted by atomic mass is 19.1. The highest BCUT2D eigenvalue weighted by Gasteiger charge is 2.27. The van der Waals surface area contributed by atoms with Gasteiger partial charge < -0.3 is 4.98 Å². The van der Waals surface area contributed by atoms with E-state index in [4.69, 9.17) is 0 Å². The fraction of sp³-hybridized carbons (Fsp3) is 0.333. The largest absolute Gasteiger partial charge is 0.310 e. The molecule has 0 amide bonds. The first-order chi connectivity index (χ1) is 9.06. The van der Waals surface area contributed by atoms with E-state index >= 15 is 0 Å². The minimum atomic E-state index is -0.271. The van der Waals surface area contributed by atoms with Crippen molar-refractivity contribution in [2.24, 2.45) is 0 Å². The normalized spacial score (nSPS) is 14.7. The molecule has 1 aliphatic rings. The number of nitrogens with one attached hydrogen (secondary N) is 1. The molecule has 3 nitrogen and oxygen atoms in total. The van der Waals surface area contributed by atoms with E-state index in [0.717, 1.165) is 18.7 Å². The topological polar surface area (TPSA) is 45.8 Å². The van der Waals surface area contributed by atoms with E-state index in [0.29, 0.717) is 28.3 Å². The molecule has 1 N–H and O–H groups in total. The zero-order valence-corrected chi connectivity index (χ0v) is 11.0. The third kappa shape index (κ3) is 2.18. The maximum absolute atomic E-state index is 13.7. The molecule has 2 aromatic rings. The van der Waals surface area contributed by atoms with Crippen LogP contribution in [0.1, 0.15) is 35.7 Å². The molecule has 0 unspecified atom stereocenters. The van der Waals surface area contributed by atoms with Gasteiger partial charge in [0.2, 0.25) is 0 Å². The summed E-state index contributed by atoms with van der Waals surface area (Å²) in [6.45, 7) is 3.43. The molecule has 1 saturated carbocycles. The Morgan fingerprint density at radius 1 is 1.32 bits per heavy atom. The first-order valence-corrected chi connectivity index (χ1v) is 6.43. The van der Waals surface area contributed by atoms with Gasteiger partial charge in [0, 0.05) is 17.0 Å². The first kappa shape index (κ1) is 12.1. The van der Waals surface area contributed by atoms with Gasteiger partial charge in [0.1, 0.15) is 11.6 Å². The van der Waals surface area contributed by atoms with Crippen molar-refractivity contribution in [1.29, 1.82) is 0 Å². The van der Waals surface area contributed by atoms with Crippen LogP contribution in [-0.2, 0) is 0 Å². The van der Waals surface area contributed by atoms with Gasteiger partial charge in [-0.2, -0.15) is 0 Å². The molecule has 0 aliphatic heterocycles. The number of nitrogens with zero attached hydrogens (tertiary/aromatic N) is 1. The Balaban J connectivity index is 2.17. The van der Waals surface area contributed by atoms with Crippen molar-refractivity contribution in [2.45, 2.75) is 32.6 Å². The summed E-state index contributed by atoms with van der Waals surface area (Å²) in [5.41, 5.74) is 2.24. The smallest absolute Gasteiger partial charge is 0.254 e. The van der Waals surface area contributed by atoms with Crippen LogP contribution in [0.4, 0.5) is 4.39 Å². The molecule has 0 atom stereocenters. The van der Waals surface area contributed by atoms with Crippen LogP contribution in [0.5, 0.6) is 0 Å². The van der Waals surface area contributed by atoms with Gasteiger partial charge in [-0.25, -0.2) is 9.37 Å². The molecule has 0 bridgehead atoms. The van der Waals surface area contributed by atoms with Gasteiger partial charge in [-0.3, -0.25) is 4.79 Å². The summed E-state index contributed by atoms with van der Waals surface area (Å²) in [6.07, 6.45) is 2.13. The lowest BCUT2D eigenvalue weighted by molar-refractivity contribution is 0.619. The van der Waals surface area contributed by atoms with E-state index in [-0.39, 0.29) is 11.4 Å². The summed E-state index contributed by atoms with van der Waals surface area (Å²) in [6, 6.07) is 4.97. The fourth-order valence-corrected chi connectivity index (χ4v) is 2.12. The van der Waals surface area contributed by atoms with Crippen molar-refractivity contribution < 1.29 is 4.39 Å². The van der Waals surface area contributed by atoms with Crippen LogP contribution in [0.15, 0.2) is 23.0 Å². The molecule has 1 heterocycles. The number of benzene rings is 1. The summed E-state index contributed by atoms with van der Waals surface area (Å²) in [5, 5.41) is 0. The monoisotopic (exact) mass is 258 g/mol. The second-order valence-corrected chi connectivity index (χ2v) is 5.16. The van der Waals surface area contributed by atoms with E-state index in [2.05, 4.69) is 9.97 Å². The third-order valence-corrected chi connectivity index (χ3v) is 3.58. The number of hydrogen-bond donors (Lipinski definition) is 1. The standard InChI is InChI=1S/C15H15FN2O/c1-8-3-4-11(7-12(8)16)13-9(2)15(19)18-14(17-13)10-5-6-10/h3-4,7,10H,5-6H2,1-2H3,(H,17,18,19). The zero-order chi connectivity index (χ0) is 13.6. The maximum atomic E-state index is 13.7. The number of aryl methyl sites for hydroxylation is 1. The van der Waals surface area contributed by atoms with Crippen LogP contribution in [0.2, 0.25) is 0 Å². The first-order valence-electron chi connectivity index (χ1n) is 6.43. The van der Waals surface area contributed by atoms with Crippen molar-refractivity contribution in [3.63, 3.8) is 0 Å². The number of H-pyrrole nitrogens is 1. The summed E-state index contributed by atoms with van der Waals surface area (Å²) >= 11 is 0. The van der Waals surface area contributed by atoms with E-state index in [1.807, 2.05) is 6.07 Å². The number of aromatic nitrogens is 2. The Morgan fingerprint density at radius 3 is 2.68 bits per heavy atom. The predicted octanol–water partition coefficient (Wildman–Crippen LogP) is 3.07. The second-order valence-electron chi connectivity index (χ2n) is 5.16. The Morgan fingerprint density at radius 2 is 2.05 bits per heavy atom. The molecule has 19 heavy (non-hydrogen) atoms. The van der Waals surface area contributed by atoms with Crippen molar-refractivity contribution in [1.82, 2.24) is 9.97 Å². The average molecular weight is 258 g/mol. The van der Waals surface area contributed by atoms with Gasteiger partial charge in [0.05, 0.1) is 5.69 Å². The maximum Gasteiger partial charge on any atom is 0.254 e. The van der Waals surface area contributed by atoms with Crippen LogP contribution in [-0.4, -0.2) is 9.97 Å². The highest BCUT2D eigenvalue weighted by Crippen LogP contribution is 2.38. The molecule has 0 radical (unpaired) electrons. The predicted molar refractivity (Wildman–Crippen MR) is 71.7 cm³/mol. The lowest BCUT2D eigenvalue weighted by atomic mass is 10.1. The van der Waals surface area contributed by atoms with Crippen LogP contribution in [0.25, 0.3) is 11.3 Å². The second kappa shape index (κ2) is 4.30. The molecule has 1 fully saturated rings. The Bertz CT molecular complexity index is 702. The number of aromatic amines is 1. The van der Waals surface area contributed by atoms with Gasteiger partial charge >= 0.3 is 0 Å². The molecule has 3 rings (SSSR count). The van der Waals surface area contributed by atoms with Crippen molar-refractivity contribution in [3.05, 3.63) is 51.3 Å². The summed E-state index contributed by atoms with van der Waals surface area (Å²) in [7, 11) is 0. The van der Waals surface area contributed by atoms with Gasteiger partial charge in [-0.15, -0.1) is 0 Å². The minimum absolute atomic E-state index is 0.132. The Labute approximate surface area is 110 Å². The molecule has 1 aliphatic carbocycles. The van der Waals surface area contributed by atoms with Crippen LogP contribution >= 0.6 is 0 Å². The van der Waals surface area contributed by atoms with Crippen LogP contribution in [0, 0.1) is 19.7 Å². The summed E-state index contributed by atoms with van der Waals surface area (Å²) in [4.78, 5) is 19.3. The molecule has 98 valence electrons. The number of rotatable bonds is 2. The lowest BCUT2D eigenvalue weighted by Gasteiger charge is -2.08. The highest BCUT2D eigenvalue weighted by molar-refractivity contribution is 5.63. The van der Waals surface area contributed by atoms with Crippen LogP contribution in [0.3, 0.4) is 0 Å². The van der Waals surface area contributed by atoms with E-state index in [1.54, 1.807) is 19.9 Å². The van der Waals surface area contributed by atoms with E-state index < -0.39 is 0 Å². The van der Waals surface area contributed by atoms with Gasteiger partial charge in [-0.1, -0.05) is 12.1 Å². The van der Waals surface area contributed by atoms with Crippen molar-refractivity contribution in [3.8, 4) is 11.3 Å². The van der Waals surface area contributed by atoms with E-state index in [9.17, 15) is 9.18 Å². The lowest BCUT2D eigenvalue weighted by Crippen LogP contribution is -2.15. The molecule has 0 spiro atoms. The quantitative estimate of drug-likeness (QED) is 0.899. The third-order valence-electron chi connectivity index (χ3n) is 3.58. The van der Waals surface area contributed by atoms with Crippen LogP contribution < -0.4 is 5.56 Å².